The lowest BCUT2D eigenvalue weighted by Gasteiger charge is -2.25. The van der Waals surface area contributed by atoms with Gasteiger partial charge in [0.1, 0.15) is 0 Å². The Balaban J connectivity index is 3.54. The summed E-state index contributed by atoms with van der Waals surface area (Å²) in [6.45, 7) is 14.1. The third-order valence-corrected chi connectivity index (χ3v) is 2.96. The highest BCUT2D eigenvalue weighted by atomic mass is 14.2. The summed E-state index contributed by atoms with van der Waals surface area (Å²) in [5.74, 6) is 0. The summed E-state index contributed by atoms with van der Waals surface area (Å²) in [6, 6.07) is 0. The van der Waals surface area contributed by atoms with Crippen molar-refractivity contribution in [3.8, 4) is 0 Å². The van der Waals surface area contributed by atoms with E-state index in [1.165, 1.54) is 38.5 Å². The average molecular weight is 198 g/mol. The molecule has 86 valence electrons. The summed E-state index contributed by atoms with van der Waals surface area (Å²) in [6.07, 6.45) is 8.28. The van der Waals surface area contributed by atoms with Gasteiger partial charge < -0.3 is 0 Å². The average Bonchev–Trinajstić information content (AvgIpc) is 1.96. The zero-order valence-electron chi connectivity index (χ0n) is 11.2. The van der Waals surface area contributed by atoms with E-state index in [-0.39, 0.29) is 0 Å². The van der Waals surface area contributed by atoms with E-state index in [0.29, 0.717) is 10.8 Å². The fourth-order valence-corrected chi connectivity index (χ4v) is 2.06. The largest absolute Gasteiger partial charge is 0.0654 e. The Hall–Kier alpha value is 0. The fourth-order valence-electron chi connectivity index (χ4n) is 2.06. The van der Waals surface area contributed by atoms with Crippen LogP contribution in [0.25, 0.3) is 0 Å². The number of hydrogen-bond donors (Lipinski definition) is 0. The fraction of sp³-hybridized carbons (Fsp3) is 1.00. The lowest BCUT2D eigenvalue weighted by atomic mass is 9.81. The van der Waals surface area contributed by atoms with Crippen molar-refractivity contribution in [3.05, 3.63) is 0 Å². The molecule has 0 atom stereocenters. The second-order valence-electron chi connectivity index (χ2n) is 6.68. The Bertz CT molecular complexity index is 137. The molecule has 0 bridgehead atoms. The quantitative estimate of drug-likeness (QED) is 0.500. The first-order valence-electron chi connectivity index (χ1n) is 6.27. The van der Waals surface area contributed by atoms with Crippen LogP contribution in [0.1, 0.15) is 80.1 Å². The van der Waals surface area contributed by atoms with Crippen LogP contribution in [0.3, 0.4) is 0 Å². The van der Waals surface area contributed by atoms with E-state index in [1.807, 2.05) is 0 Å². The van der Waals surface area contributed by atoms with Crippen LogP contribution >= 0.6 is 0 Å². The smallest absolute Gasteiger partial charge is 0.0354 e. The van der Waals surface area contributed by atoms with Gasteiger partial charge in [-0.1, -0.05) is 60.8 Å². The van der Waals surface area contributed by atoms with Crippen LogP contribution in [-0.4, -0.2) is 0 Å². The molecule has 0 heterocycles. The molecule has 14 heavy (non-hydrogen) atoms. The van der Waals surface area contributed by atoms with Gasteiger partial charge in [-0.05, 0) is 30.1 Å². The molecule has 0 radical (unpaired) electrons. The molecule has 0 fully saturated rings. The number of unbranched alkanes of at least 4 members (excludes halogenated alkanes) is 1. The summed E-state index contributed by atoms with van der Waals surface area (Å²) in [5.41, 5.74) is 1.10. The van der Waals surface area contributed by atoms with Crippen LogP contribution in [0.2, 0.25) is 0 Å². The Morgan fingerprint density at radius 1 is 0.714 bits per heavy atom. The van der Waals surface area contributed by atoms with Gasteiger partial charge in [-0.25, -0.2) is 0 Å². The molecule has 0 aromatic heterocycles. The summed E-state index contributed by atoms with van der Waals surface area (Å²) in [7, 11) is 0. The molecule has 0 aliphatic heterocycles. The zero-order chi connectivity index (χ0) is 11.2. The van der Waals surface area contributed by atoms with Crippen molar-refractivity contribution in [1.29, 1.82) is 0 Å². The van der Waals surface area contributed by atoms with Crippen LogP contribution in [-0.2, 0) is 0 Å². The Morgan fingerprint density at radius 3 is 1.64 bits per heavy atom. The summed E-state index contributed by atoms with van der Waals surface area (Å²) in [4.78, 5) is 0. The number of hydrogen-bond acceptors (Lipinski definition) is 0. The minimum Gasteiger partial charge on any atom is -0.0654 e. The van der Waals surface area contributed by atoms with Gasteiger partial charge in [0.25, 0.3) is 0 Å². The molecule has 0 aromatic carbocycles. The molecule has 0 saturated carbocycles. The first kappa shape index (κ1) is 14.0. The predicted molar refractivity (Wildman–Crippen MR) is 66.6 cm³/mol. The van der Waals surface area contributed by atoms with Gasteiger partial charge in [-0.3, -0.25) is 0 Å². The summed E-state index contributed by atoms with van der Waals surface area (Å²) < 4.78 is 0. The van der Waals surface area contributed by atoms with E-state index in [9.17, 15) is 0 Å². The molecule has 0 amide bonds. The van der Waals surface area contributed by atoms with Gasteiger partial charge in [-0.2, -0.15) is 0 Å². The maximum atomic E-state index is 2.41. The first-order valence-corrected chi connectivity index (χ1v) is 6.27. The maximum absolute atomic E-state index is 2.41. The molecule has 0 saturated heterocycles. The molecule has 0 spiro atoms. The second kappa shape index (κ2) is 5.78. The molecule has 0 heteroatoms. The standard InChI is InChI=1S/C14H30/c1-7-10-14(5,6)12-9-8-11-13(2,3)4/h7-12H2,1-6H3. The van der Waals surface area contributed by atoms with Gasteiger partial charge in [0.2, 0.25) is 0 Å². The lowest BCUT2D eigenvalue weighted by molar-refractivity contribution is 0.277. The molecule has 0 N–H and O–H groups in total. The molecular weight excluding hydrogens is 168 g/mol. The zero-order valence-corrected chi connectivity index (χ0v) is 11.2. The minimum atomic E-state index is 0.523. The van der Waals surface area contributed by atoms with Crippen LogP contribution < -0.4 is 0 Å². The lowest BCUT2D eigenvalue weighted by Crippen LogP contribution is -2.11. The van der Waals surface area contributed by atoms with Crippen molar-refractivity contribution in [2.45, 2.75) is 80.1 Å². The van der Waals surface area contributed by atoms with Crippen molar-refractivity contribution in [2.24, 2.45) is 10.8 Å². The van der Waals surface area contributed by atoms with Gasteiger partial charge in [0, 0.05) is 0 Å². The van der Waals surface area contributed by atoms with Gasteiger partial charge in [0.05, 0.1) is 0 Å². The van der Waals surface area contributed by atoms with Crippen LogP contribution in [0.15, 0.2) is 0 Å². The topological polar surface area (TPSA) is 0 Å². The van der Waals surface area contributed by atoms with E-state index in [0.717, 1.165) is 0 Å². The van der Waals surface area contributed by atoms with Crippen molar-refractivity contribution < 1.29 is 0 Å². The molecule has 0 unspecified atom stereocenters. The van der Waals surface area contributed by atoms with E-state index in [1.54, 1.807) is 0 Å². The van der Waals surface area contributed by atoms with E-state index >= 15 is 0 Å². The van der Waals surface area contributed by atoms with Gasteiger partial charge >= 0.3 is 0 Å². The molecular formula is C14H30. The molecule has 0 aliphatic rings. The van der Waals surface area contributed by atoms with E-state index < -0.39 is 0 Å². The highest BCUT2D eigenvalue weighted by molar-refractivity contribution is 4.69. The van der Waals surface area contributed by atoms with Crippen molar-refractivity contribution in [3.63, 3.8) is 0 Å². The summed E-state index contributed by atoms with van der Waals surface area (Å²) in [5, 5.41) is 0. The summed E-state index contributed by atoms with van der Waals surface area (Å²) >= 11 is 0. The van der Waals surface area contributed by atoms with Crippen LogP contribution in [0.4, 0.5) is 0 Å². The monoisotopic (exact) mass is 198 g/mol. The molecule has 0 aromatic rings. The molecule has 0 nitrogen and oxygen atoms in total. The SMILES string of the molecule is CCCC(C)(C)CCCCC(C)(C)C. The number of rotatable bonds is 6. The third kappa shape index (κ3) is 8.59. The molecule has 0 rings (SSSR count). The predicted octanol–water partition coefficient (Wildman–Crippen LogP) is 5.42. The second-order valence-corrected chi connectivity index (χ2v) is 6.68. The Kier molecular flexibility index (Phi) is 5.78. The van der Waals surface area contributed by atoms with Crippen LogP contribution in [0, 0.1) is 10.8 Å². The normalized spacial score (nSPS) is 13.3. The van der Waals surface area contributed by atoms with Crippen molar-refractivity contribution >= 4 is 0 Å². The van der Waals surface area contributed by atoms with E-state index in [4.69, 9.17) is 0 Å². The minimum absolute atomic E-state index is 0.523. The molecule has 0 aliphatic carbocycles. The van der Waals surface area contributed by atoms with Gasteiger partial charge in [-0.15, -0.1) is 0 Å². The Labute approximate surface area is 91.5 Å². The van der Waals surface area contributed by atoms with Crippen LogP contribution in [0.5, 0.6) is 0 Å². The van der Waals surface area contributed by atoms with Crippen molar-refractivity contribution in [1.82, 2.24) is 0 Å². The van der Waals surface area contributed by atoms with Gasteiger partial charge in [0.15, 0.2) is 0 Å². The van der Waals surface area contributed by atoms with Crippen molar-refractivity contribution in [2.75, 3.05) is 0 Å². The first-order chi connectivity index (χ1) is 6.27. The maximum Gasteiger partial charge on any atom is -0.0354 e. The Morgan fingerprint density at radius 2 is 1.21 bits per heavy atom. The highest BCUT2D eigenvalue weighted by Gasteiger charge is 2.16. The highest BCUT2D eigenvalue weighted by Crippen LogP contribution is 2.30. The third-order valence-electron chi connectivity index (χ3n) is 2.96. The van der Waals surface area contributed by atoms with E-state index in [2.05, 4.69) is 41.5 Å².